The van der Waals surface area contributed by atoms with Crippen LogP contribution in [0.5, 0.6) is 0 Å². The van der Waals surface area contributed by atoms with Crippen LogP contribution in [-0.4, -0.2) is 27.5 Å². The molecule has 0 aromatic carbocycles. The summed E-state index contributed by atoms with van der Waals surface area (Å²) in [7, 11) is 0. The fourth-order valence-corrected chi connectivity index (χ4v) is 1.92. The fraction of sp³-hybridized carbons (Fsp3) is 0.333. The summed E-state index contributed by atoms with van der Waals surface area (Å²) in [6, 6.07) is 12.2. The number of hydrogen-bond acceptors (Lipinski definition) is 4. The molecule has 2 N–H and O–H groups in total. The van der Waals surface area contributed by atoms with Gasteiger partial charge in [0.05, 0.1) is 11.4 Å². The molecule has 1 atom stereocenters. The lowest BCUT2D eigenvalue weighted by atomic mass is 10.2. The lowest BCUT2D eigenvalue weighted by molar-refractivity contribution is 0.190. The van der Waals surface area contributed by atoms with E-state index in [0.717, 1.165) is 24.5 Å². The molecule has 1 unspecified atom stereocenters. The number of rotatable bonds is 6. The fourth-order valence-electron chi connectivity index (χ4n) is 1.92. The van der Waals surface area contributed by atoms with Crippen LogP contribution in [0.25, 0.3) is 0 Å². The molecular weight excluding hydrogens is 236 g/mol. The molecule has 0 saturated heterocycles. The van der Waals surface area contributed by atoms with Gasteiger partial charge in [-0.05, 0) is 31.2 Å². The van der Waals surface area contributed by atoms with E-state index >= 15 is 0 Å². The summed E-state index contributed by atoms with van der Waals surface area (Å²) in [6.07, 6.45) is 3.64. The normalized spacial score (nSPS) is 12.6. The van der Waals surface area contributed by atoms with Gasteiger partial charge in [-0.2, -0.15) is 0 Å². The Labute approximate surface area is 114 Å². The third-order valence-corrected chi connectivity index (χ3v) is 3.15. The highest BCUT2D eigenvalue weighted by atomic mass is 15.2. The highest BCUT2D eigenvalue weighted by molar-refractivity contribution is 5.06. The van der Waals surface area contributed by atoms with Gasteiger partial charge in [0.1, 0.15) is 0 Å². The van der Waals surface area contributed by atoms with Crippen molar-refractivity contribution >= 4 is 0 Å². The zero-order valence-corrected chi connectivity index (χ0v) is 11.2. The van der Waals surface area contributed by atoms with Crippen LogP contribution < -0.4 is 5.73 Å². The molecule has 2 heterocycles. The van der Waals surface area contributed by atoms with E-state index in [1.165, 1.54) is 0 Å². The molecule has 4 nitrogen and oxygen atoms in total. The minimum absolute atomic E-state index is 0.295. The summed E-state index contributed by atoms with van der Waals surface area (Å²) < 4.78 is 0. The lowest BCUT2D eigenvalue weighted by Gasteiger charge is -2.27. The van der Waals surface area contributed by atoms with Crippen molar-refractivity contribution in [2.24, 2.45) is 5.73 Å². The van der Waals surface area contributed by atoms with Gasteiger partial charge in [-0.15, -0.1) is 0 Å². The molecule has 0 amide bonds. The monoisotopic (exact) mass is 256 g/mol. The first kappa shape index (κ1) is 13.6. The third-order valence-electron chi connectivity index (χ3n) is 3.15. The SMILES string of the molecule is CC(CN)N(Cc1ccccn1)Cc1ccccn1. The highest BCUT2D eigenvalue weighted by Crippen LogP contribution is 2.10. The van der Waals surface area contributed by atoms with Crippen LogP contribution in [0.3, 0.4) is 0 Å². The Bertz CT molecular complexity index is 431. The van der Waals surface area contributed by atoms with Crippen LogP contribution in [0.1, 0.15) is 18.3 Å². The van der Waals surface area contributed by atoms with Crippen molar-refractivity contribution < 1.29 is 0 Å². The molecule has 0 fully saturated rings. The van der Waals surface area contributed by atoms with E-state index in [1.54, 1.807) is 0 Å². The van der Waals surface area contributed by atoms with Crippen molar-refractivity contribution in [1.29, 1.82) is 0 Å². The predicted molar refractivity (Wildman–Crippen MR) is 76.2 cm³/mol. The Morgan fingerprint density at radius 1 is 1.00 bits per heavy atom. The van der Waals surface area contributed by atoms with E-state index in [0.29, 0.717) is 12.6 Å². The van der Waals surface area contributed by atoms with Gasteiger partial charge < -0.3 is 5.73 Å². The molecule has 100 valence electrons. The topological polar surface area (TPSA) is 55.0 Å². The molecule has 2 aromatic rings. The minimum Gasteiger partial charge on any atom is -0.329 e. The Morgan fingerprint density at radius 3 is 1.89 bits per heavy atom. The highest BCUT2D eigenvalue weighted by Gasteiger charge is 2.14. The van der Waals surface area contributed by atoms with Crippen molar-refractivity contribution in [3.8, 4) is 0 Å². The third kappa shape index (κ3) is 4.12. The molecule has 0 bridgehead atoms. The number of aromatic nitrogens is 2. The van der Waals surface area contributed by atoms with Gasteiger partial charge in [-0.1, -0.05) is 12.1 Å². The number of pyridine rings is 2. The predicted octanol–water partition coefficient (Wildman–Crippen LogP) is 1.83. The summed E-state index contributed by atoms with van der Waals surface area (Å²) in [6.45, 7) is 4.33. The van der Waals surface area contributed by atoms with Gasteiger partial charge in [0.25, 0.3) is 0 Å². The first-order valence-electron chi connectivity index (χ1n) is 6.53. The molecule has 4 heteroatoms. The molecule has 19 heavy (non-hydrogen) atoms. The first-order valence-corrected chi connectivity index (χ1v) is 6.53. The largest absolute Gasteiger partial charge is 0.329 e. The minimum atomic E-state index is 0.295. The average molecular weight is 256 g/mol. The van der Waals surface area contributed by atoms with Crippen molar-refractivity contribution in [3.63, 3.8) is 0 Å². The summed E-state index contributed by atoms with van der Waals surface area (Å²) in [5, 5.41) is 0. The van der Waals surface area contributed by atoms with Crippen LogP contribution in [0.15, 0.2) is 48.8 Å². The average Bonchev–Trinajstić information content (AvgIpc) is 2.48. The summed E-state index contributed by atoms with van der Waals surface area (Å²) >= 11 is 0. The van der Waals surface area contributed by atoms with Crippen molar-refractivity contribution in [1.82, 2.24) is 14.9 Å². The van der Waals surface area contributed by atoms with Crippen molar-refractivity contribution in [2.45, 2.75) is 26.1 Å². The van der Waals surface area contributed by atoms with Gasteiger partial charge in [0.15, 0.2) is 0 Å². The second-order valence-electron chi connectivity index (χ2n) is 4.63. The molecular formula is C15H20N4. The Hall–Kier alpha value is -1.78. The second kappa shape index (κ2) is 6.97. The second-order valence-corrected chi connectivity index (χ2v) is 4.63. The van der Waals surface area contributed by atoms with Crippen LogP contribution in [0.2, 0.25) is 0 Å². The quantitative estimate of drug-likeness (QED) is 0.856. The van der Waals surface area contributed by atoms with Crippen LogP contribution >= 0.6 is 0 Å². The zero-order valence-electron chi connectivity index (χ0n) is 11.2. The Balaban J connectivity index is 2.08. The van der Waals surface area contributed by atoms with E-state index in [9.17, 15) is 0 Å². The number of nitrogens with zero attached hydrogens (tertiary/aromatic N) is 3. The zero-order chi connectivity index (χ0) is 13.5. The van der Waals surface area contributed by atoms with Gasteiger partial charge in [0.2, 0.25) is 0 Å². The van der Waals surface area contributed by atoms with Crippen molar-refractivity contribution in [2.75, 3.05) is 6.54 Å². The number of nitrogens with two attached hydrogens (primary N) is 1. The molecule has 2 rings (SSSR count). The van der Waals surface area contributed by atoms with E-state index in [1.807, 2.05) is 48.8 Å². The molecule has 2 aromatic heterocycles. The van der Waals surface area contributed by atoms with Crippen LogP contribution in [0, 0.1) is 0 Å². The molecule has 0 radical (unpaired) electrons. The summed E-state index contributed by atoms with van der Waals surface area (Å²) in [5.74, 6) is 0. The Kier molecular flexibility index (Phi) is 5.01. The maximum atomic E-state index is 5.80. The lowest BCUT2D eigenvalue weighted by Crippen LogP contribution is -2.37. The van der Waals surface area contributed by atoms with Gasteiger partial charge in [-0.25, -0.2) is 0 Å². The van der Waals surface area contributed by atoms with E-state index in [2.05, 4.69) is 21.8 Å². The molecule has 0 spiro atoms. The maximum Gasteiger partial charge on any atom is 0.0544 e. The van der Waals surface area contributed by atoms with Crippen LogP contribution in [0.4, 0.5) is 0 Å². The molecule has 0 aliphatic heterocycles. The molecule has 0 aliphatic carbocycles. The summed E-state index contributed by atoms with van der Waals surface area (Å²) in [4.78, 5) is 11.0. The molecule has 0 saturated carbocycles. The number of hydrogen-bond donors (Lipinski definition) is 1. The first-order chi connectivity index (χ1) is 9.29. The maximum absolute atomic E-state index is 5.80. The van der Waals surface area contributed by atoms with E-state index in [-0.39, 0.29) is 0 Å². The molecule has 0 aliphatic rings. The van der Waals surface area contributed by atoms with E-state index in [4.69, 9.17) is 5.73 Å². The Morgan fingerprint density at radius 2 is 1.53 bits per heavy atom. The smallest absolute Gasteiger partial charge is 0.0544 e. The van der Waals surface area contributed by atoms with E-state index < -0.39 is 0 Å². The standard InChI is InChI=1S/C15H20N4/c1-13(10-16)19(11-14-6-2-4-8-17-14)12-15-7-3-5-9-18-15/h2-9,13H,10-12,16H2,1H3. The van der Waals surface area contributed by atoms with Gasteiger partial charge >= 0.3 is 0 Å². The van der Waals surface area contributed by atoms with Gasteiger partial charge in [0, 0.05) is 38.1 Å². The van der Waals surface area contributed by atoms with Crippen molar-refractivity contribution in [3.05, 3.63) is 60.2 Å². The van der Waals surface area contributed by atoms with Crippen LogP contribution in [-0.2, 0) is 13.1 Å². The van der Waals surface area contributed by atoms with Gasteiger partial charge in [-0.3, -0.25) is 14.9 Å². The summed E-state index contributed by atoms with van der Waals surface area (Å²) in [5.41, 5.74) is 7.91.